The van der Waals surface area contributed by atoms with E-state index >= 15 is 0 Å². The molecule has 1 atom stereocenters. The van der Waals surface area contributed by atoms with Crippen LogP contribution < -0.4 is 10.9 Å². The molecule has 1 N–H and O–H groups in total. The number of aromatic nitrogens is 2. The number of nitro benzene ring substituents is 1. The van der Waals surface area contributed by atoms with Gasteiger partial charge in [0.2, 0.25) is 0 Å². The molecular weight excluding hydrogens is 356 g/mol. The zero-order valence-corrected chi connectivity index (χ0v) is 15.0. The fourth-order valence-corrected chi connectivity index (χ4v) is 3.14. The van der Waals surface area contributed by atoms with Gasteiger partial charge in [-0.1, -0.05) is 29.8 Å². The Balaban J connectivity index is 1.84. The highest BCUT2D eigenvalue weighted by Gasteiger charge is 2.15. The van der Waals surface area contributed by atoms with E-state index in [2.05, 4.69) is 10.4 Å². The van der Waals surface area contributed by atoms with Gasteiger partial charge in [0, 0.05) is 23.6 Å². The maximum atomic E-state index is 12.5. The number of rotatable bonds is 5. The Hall–Kier alpha value is -2.93. The second-order valence-electron chi connectivity index (χ2n) is 6.14. The highest BCUT2D eigenvalue weighted by atomic mass is 35.5. The minimum Gasteiger partial charge on any atom is -0.379 e. The van der Waals surface area contributed by atoms with Gasteiger partial charge in [-0.05, 0) is 25.5 Å². The molecular formula is C18H17ClN4O3. The van der Waals surface area contributed by atoms with Gasteiger partial charge in [-0.25, -0.2) is 4.68 Å². The van der Waals surface area contributed by atoms with Gasteiger partial charge in [0.15, 0.2) is 0 Å². The molecule has 0 aliphatic heterocycles. The van der Waals surface area contributed by atoms with Crippen LogP contribution in [0.1, 0.15) is 12.5 Å². The number of nitrogens with zero attached hydrogens (tertiary/aromatic N) is 3. The van der Waals surface area contributed by atoms with Crippen LogP contribution in [-0.4, -0.2) is 20.7 Å². The van der Waals surface area contributed by atoms with Crippen molar-refractivity contribution in [2.45, 2.75) is 26.4 Å². The van der Waals surface area contributed by atoms with E-state index in [4.69, 9.17) is 11.6 Å². The molecule has 0 aliphatic rings. The standard InChI is InChI=1S/C18H17ClN4O3/c1-11-7-14(23(25)26)8-16(19)17(11)21-12(2)10-22-18(24)15-6-4-3-5-13(15)9-20-22/h3-9,12,21H,10H2,1-2H3. The number of non-ortho nitro benzene ring substituents is 1. The highest BCUT2D eigenvalue weighted by molar-refractivity contribution is 6.33. The third-order valence-corrected chi connectivity index (χ3v) is 4.38. The quantitative estimate of drug-likeness (QED) is 0.544. The minimum atomic E-state index is -0.482. The minimum absolute atomic E-state index is 0.0573. The number of hydrogen-bond donors (Lipinski definition) is 1. The van der Waals surface area contributed by atoms with Gasteiger partial charge in [0.1, 0.15) is 0 Å². The summed E-state index contributed by atoms with van der Waals surface area (Å²) in [5.41, 5.74) is 1.05. The Kier molecular flexibility index (Phi) is 4.90. The summed E-state index contributed by atoms with van der Waals surface area (Å²) in [5.74, 6) is 0. The normalized spacial score (nSPS) is 12.1. The number of hydrogen-bond acceptors (Lipinski definition) is 5. The molecule has 1 aromatic heterocycles. The van der Waals surface area contributed by atoms with Crippen molar-refractivity contribution in [2.24, 2.45) is 0 Å². The fraction of sp³-hybridized carbons (Fsp3) is 0.222. The van der Waals surface area contributed by atoms with E-state index in [1.165, 1.54) is 16.8 Å². The summed E-state index contributed by atoms with van der Waals surface area (Å²) >= 11 is 6.18. The van der Waals surface area contributed by atoms with E-state index in [1.54, 1.807) is 19.2 Å². The van der Waals surface area contributed by atoms with Crippen molar-refractivity contribution >= 4 is 33.7 Å². The van der Waals surface area contributed by atoms with Crippen molar-refractivity contribution in [1.29, 1.82) is 0 Å². The van der Waals surface area contributed by atoms with Gasteiger partial charge in [0.05, 0.1) is 33.8 Å². The second kappa shape index (κ2) is 7.13. The summed E-state index contributed by atoms with van der Waals surface area (Å²) in [6.07, 6.45) is 1.66. The number of benzene rings is 2. The van der Waals surface area contributed by atoms with Crippen molar-refractivity contribution in [2.75, 3.05) is 5.32 Å². The summed E-state index contributed by atoms with van der Waals surface area (Å²) in [6, 6.07) is 9.89. The van der Waals surface area contributed by atoms with E-state index in [1.807, 2.05) is 25.1 Å². The van der Waals surface area contributed by atoms with Crippen LogP contribution in [0.15, 0.2) is 47.4 Å². The Labute approximate surface area is 154 Å². The molecule has 0 saturated carbocycles. The lowest BCUT2D eigenvalue weighted by Gasteiger charge is -2.18. The van der Waals surface area contributed by atoms with Crippen molar-refractivity contribution < 1.29 is 4.92 Å². The van der Waals surface area contributed by atoms with E-state index < -0.39 is 4.92 Å². The molecule has 0 saturated heterocycles. The van der Waals surface area contributed by atoms with E-state index in [9.17, 15) is 14.9 Å². The van der Waals surface area contributed by atoms with Crippen LogP contribution in [0.2, 0.25) is 5.02 Å². The summed E-state index contributed by atoms with van der Waals surface area (Å²) in [5, 5.41) is 20.0. The average Bonchev–Trinajstić information content (AvgIpc) is 2.60. The first kappa shape index (κ1) is 17.9. The monoisotopic (exact) mass is 372 g/mol. The zero-order valence-electron chi connectivity index (χ0n) is 14.3. The number of fused-ring (bicyclic) bond motifs is 1. The highest BCUT2D eigenvalue weighted by Crippen LogP contribution is 2.31. The predicted molar refractivity (Wildman–Crippen MR) is 102 cm³/mol. The van der Waals surface area contributed by atoms with Gasteiger partial charge < -0.3 is 5.32 Å². The molecule has 0 aliphatic carbocycles. The molecule has 0 radical (unpaired) electrons. The lowest BCUT2D eigenvalue weighted by atomic mass is 10.1. The van der Waals surface area contributed by atoms with Crippen LogP contribution in [0.5, 0.6) is 0 Å². The average molecular weight is 373 g/mol. The molecule has 2 aromatic carbocycles. The molecule has 0 amide bonds. The Bertz CT molecular complexity index is 1030. The molecule has 1 unspecified atom stereocenters. The first-order valence-corrected chi connectivity index (χ1v) is 8.40. The van der Waals surface area contributed by atoms with Crippen LogP contribution >= 0.6 is 11.6 Å². The van der Waals surface area contributed by atoms with Crippen molar-refractivity contribution in [3.63, 3.8) is 0 Å². The summed E-state index contributed by atoms with van der Waals surface area (Å²) in [6.45, 7) is 3.96. The maximum Gasteiger partial charge on any atom is 0.274 e. The van der Waals surface area contributed by atoms with E-state index in [0.29, 0.717) is 23.2 Å². The Morgan fingerprint density at radius 3 is 2.77 bits per heavy atom. The largest absolute Gasteiger partial charge is 0.379 e. The van der Waals surface area contributed by atoms with Gasteiger partial charge in [-0.2, -0.15) is 5.10 Å². The third-order valence-electron chi connectivity index (χ3n) is 4.08. The molecule has 26 heavy (non-hydrogen) atoms. The number of halogens is 1. The SMILES string of the molecule is Cc1cc([N+](=O)[O-])cc(Cl)c1NC(C)Cn1ncc2ccccc2c1=O. The maximum absolute atomic E-state index is 12.5. The lowest BCUT2D eigenvalue weighted by Crippen LogP contribution is -2.31. The molecule has 0 fully saturated rings. The molecule has 0 bridgehead atoms. The van der Waals surface area contributed by atoms with E-state index in [-0.39, 0.29) is 22.3 Å². The van der Waals surface area contributed by atoms with Crippen molar-refractivity contribution in [3.05, 3.63) is 73.6 Å². The predicted octanol–water partition coefficient (Wildman–Crippen LogP) is 3.77. The summed E-state index contributed by atoms with van der Waals surface area (Å²) in [7, 11) is 0. The summed E-state index contributed by atoms with van der Waals surface area (Å²) < 4.78 is 1.40. The van der Waals surface area contributed by atoms with Crippen LogP contribution in [0.4, 0.5) is 11.4 Å². The molecule has 1 heterocycles. The molecule has 3 aromatic rings. The lowest BCUT2D eigenvalue weighted by molar-refractivity contribution is -0.384. The fourth-order valence-electron chi connectivity index (χ4n) is 2.82. The molecule has 134 valence electrons. The van der Waals surface area contributed by atoms with Gasteiger partial charge in [-0.15, -0.1) is 0 Å². The zero-order chi connectivity index (χ0) is 18.8. The Morgan fingerprint density at radius 2 is 2.08 bits per heavy atom. The first-order valence-electron chi connectivity index (χ1n) is 8.02. The number of nitrogens with one attached hydrogen (secondary N) is 1. The smallest absolute Gasteiger partial charge is 0.274 e. The van der Waals surface area contributed by atoms with Crippen molar-refractivity contribution in [3.8, 4) is 0 Å². The first-order chi connectivity index (χ1) is 12.4. The van der Waals surface area contributed by atoms with Gasteiger partial charge >= 0.3 is 0 Å². The number of nitro groups is 1. The number of anilines is 1. The van der Waals surface area contributed by atoms with Crippen LogP contribution in [0, 0.1) is 17.0 Å². The third kappa shape index (κ3) is 3.52. The van der Waals surface area contributed by atoms with Crippen LogP contribution in [0.25, 0.3) is 10.8 Å². The Morgan fingerprint density at radius 1 is 1.35 bits per heavy atom. The molecule has 7 nitrogen and oxygen atoms in total. The summed E-state index contributed by atoms with van der Waals surface area (Å²) in [4.78, 5) is 23.0. The molecule has 3 rings (SSSR count). The van der Waals surface area contributed by atoms with Gasteiger partial charge in [0.25, 0.3) is 11.2 Å². The topological polar surface area (TPSA) is 90.1 Å². The van der Waals surface area contributed by atoms with Crippen LogP contribution in [0.3, 0.4) is 0 Å². The van der Waals surface area contributed by atoms with E-state index in [0.717, 1.165) is 5.39 Å². The van der Waals surface area contributed by atoms with Crippen molar-refractivity contribution in [1.82, 2.24) is 9.78 Å². The second-order valence-corrected chi connectivity index (χ2v) is 6.55. The van der Waals surface area contributed by atoms with Crippen LogP contribution in [-0.2, 0) is 6.54 Å². The number of aryl methyl sites for hydroxylation is 1. The van der Waals surface area contributed by atoms with Gasteiger partial charge in [-0.3, -0.25) is 14.9 Å². The molecule has 8 heteroatoms. The molecule has 0 spiro atoms.